The van der Waals surface area contributed by atoms with Crippen LogP contribution in [0.2, 0.25) is 0 Å². The van der Waals surface area contributed by atoms with E-state index >= 15 is 0 Å². The Kier molecular flexibility index (Phi) is 4.61. The van der Waals surface area contributed by atoms with Crippen LogP contribution in [0.5, 0.6) is 0 Å². The standard InChI is InChI=1S/C12H17FN2O3/c1-3-12(2,6-7-16)14-11-5-4-9(15(17)18)8-10(11)13/h4-5,8,14,16H,3,6-7H2,1-2H3. The number of halogens is 1. The average Bonchev–Trinajstić information content (AvgIpc) is 2.32. The van der Waals surface area contributed by atoms with E-state index in [2.05, 4.69) is 5.32 Å². The van der Waals surface area contributed by atoms with Crippen LogP contribution in [-0.2, 0) is 0 Å². The van der Waals surface area contributed by atoms with Crippen LogP contribution in [0, 0.1) is 15.9 Å². The van der Waals surface area contributed by atoms with Crippen molar-refractivity contribution in [2.75, 3.05) is 11.9 Å². The molecule has 0 aromatic heterocycles. The van der Waals surface area contributed by atoms with Crippen molar-refractivity contribution in [1.82, 2.24) is 0 Å². The minimum absolute atomic E-state index is 0.00800. The number of anilines is 1. The van der Waals surface area contributed by atoms with E-state index in [-0.39, 0.29) is 18.0 Å². The molecule has 5 nitrogen and oxygen atoms in total. The third-order valence-corrected chi connectivity index (χ3v) is 3.04. The normalized spacial score (nSPS) is 14.0. The van der Waals surface area contributed by atoms with Gasteiger partial charge in [-0.2, -0.15) is 0 Å². The summed E-state index contributed by atoms with van der Waals surface area (Å²) in [6, 6.07) is 3.48. The molecule has 0 bridgehead atoms. The molecule has 0 saturated heterocycles. The number of non-ortho nitro benzene ring substituents is 1. The first-order valence-corrected chi connectivity index (χ1v) is 5.75. The topological polar surface area (TPSA) is 75.4 Å². The van der Waals surface area contributed by atoms with Gasteiger partial charge in [0.2, 0.25) is 0 Å². The fourth-order valence-corrected chi connectivity index (χ4v) is 1.62. The second-order valence-corrected chi connectivity index (χ2v) is 4.43. The Labute approximate surface area is 105 Å². The van der Waals surface area contributed by atoms with Gasteiger partial charge in [-0.15, -0.1) is 0 Å². The molecule has 0 radical (unpaired) electrons. The number of aliphatic hydroxyl groups excluding tert-OH is 1. The van der Waals surface area contributed by atoms with Gasteiger partial charge >= 0.3 is 0 Å². The molecule has 0 heterocycles. The first kappa shape index (κ1) is 14.4. The van der Waals surface area contributed by atoms with Gasteiger partial charge in [-0.05, 0) is 25.8 Å². The Bertz CT molecular complexity index is 439. The molecular weight excluding hydrogens is 239 g/mol. The van der Waals surface area contributed by atoms with Crippen molar-refractivity contribution in [3.63, 3.8) is 0 Å². The molecule has 0 aliphatic carbocycles. The third-order valence-electron chi connectivity index (χ3n) is 3.04. The van der Waals surface area contributed by atoms with E-state index in [4.69, 9.17) is 5.11 Å². The SMILES string of the molecule is CCC(C)(CCO)Nc1ccc([N+](=O)[O-])cc1F. The van der Waals surface area contributed by atoms with Crippen LogP contribution < -0.4 is 5.32 Å². The zero-order valence-corrected chi connectivity index (χ0v) is 10.4. The summed E-state index contributed by atoms with van der Waals surface area (Å²) in [5.74, 6) is -0.665. The van der Waals surface area contributed by atoms with Gasteiger partial charge < -0.3 is 10.4 Å². The summed E-state index contributed by atoms with van der Waals surface area (Å²) < 4.78 is 13.7. The molecule has 0 fully saturated rings. The van der Waals surface area contributed by atoms with Crippen LogP contribution in [-0.4, -0.2) is 22.2 Å². The number of nitrogens with zero attached hydrogens (tertiary/aromatic N) is 1. The van der Waals surface area contributed by atoms with Crippen molar-refractivity contribution in [2.45, 2.75) is 32.2 Å². The maximum Gasteiger partial charge on any atom is 0.272 e. The molecule has 100 valence electrons. The first-order chi connectivity index (χ1) is 8.41. The lowest BCUT2D eigenvalue weighted by Crippen LogP contribution is -2.35. The molecule has 1 unspecified atom stereocenters. The van der Waals surface area contributed by atoms with Crippen molar-refractivity contribution in [2.24, 2.45) is 0 Å². The number of nitro groups is 1. The summed E-state index contributed by atoms with van der Waals surface area (Å²) in [5.41, 5.74) is -0.511. The van der Waals surface area contributed by atoms with Crippen LogP contribution in [0.15, 0.2) is 18.2 Å². The van der Waals surface area contributed by atoms with Crippen LogP contribution in [0.1, 0.15) is 26.7 Å². The highest BCUT2D eigenvalue weighted by Gasteiger charge is 2.23. The summed E-state index contributed by atoms with van der Waals surface area (Å²) in [6.07, 6.45) is 1.17. The second-order valence-electron chi connectivity index (χ2n) is 4.43. The summed E-state index contributed by atoms with van der Waals surface area (Å²) >= 11 is 0. The fraction of sp³-hybridized carbons (Fsp3) is 0.500. The van der Waals surface area contributed by atoms with Crippen LogP contribution >= 0.6 is 0 Å². The monoisotopic (exact) mass is 256 g/mol. The molecule has 6 heteroatoms. The zero-order valence-electron chi connectivity index (χ0n) is 10.4. The lowest BCUT2D eigenvalue weighted by molar-refractivity contribution is -0.385. The maximum atomic E-state index is 13.7. The van der Waals surface area contributed by atoms with E-state index in [9.17, 15) is 14.5 Å². The predicted molar refractivity (Wildman–Crippen MR) is 67.1 cm³/mol. The summed E-state index contributed by atoms with van der Waals surface area (Å²) in [7, 11) is 0. The van der Waals surface area contributed by atoms with Gasteiger partial charge in [0.15, 0.2) is 5.82 Å². The molecule has 1 atom stereocenters. The molecule has 18 heavy (non-hydrogen) atoms. The summed E-state index contributed by atoms with van der Waals surface area (Å²) in [4.78, 5) is 9.85. The van der Waals surface area contributed by atoms with E-state index in [0.717, 1.165) is 6.07 Å². The van der Waals surface area contributed by atoms with Gasteiger partial charge in [-0.3, -0.25) is 10.1 Å². The Morgan fingerprint density at radius 2 is 2.22 bits per heavy atom. The largest absolute Gasteiger partial charge is 0.396 e. The van der Waals surface area contributed by atoms with Gasteiger partial charge in [-0.1, -0.05) is 6.92 Å². The second kappa shape index (κ2) is 5.77. The highest BCUT2D eigenvalue weighted by Crippen LogP contribution is 2.26. The average molecular weight is 256 g/mol. The Balaban J connectivity index is 2.94. The van der Waals surface area contributed by atoms with Gasteiger partial charge in [-0.25, -0.2) is 4.39 Å². The minimum atomic E-state index is -0.665. The molecule has 0 aliphatic rings. The molecule has 2 N–H and O–H groups in total. The highest BCUT2D eigenvalue weighted by atomic mass is 19.1. The molecule has 0 saturated carbocycles. The van der Waals surface area contributed by atoms with Crippen molar-refractivity contribution < 1.29 is 14.4 Å². The van der Waals surface area contributed by atoms with Gasteiger partial charge in [0.05, 0.1) is 16.7 Å². The third kappa shape index (κ3) is 3.40. The Morgan fingerprint density at radius 3 is 2.67 bits per heavy atom. The van der Waals surface area contributed by atoms with E-state index in [1.54, 1.807) is 0 Å². The summed E-state index contributed by atoms with van der Waals surface area (Å²) in [6.45, 7) is 3.78. The smallest absolute Gasteiger partial charge is 0.272 e. The van der Waals surface area contributed by atoms with Crippen LogP contribution in [0.3, 0.4) is 0 Å². The number of hydrogen-bond acceptors (Lipinski definition) is 4. The minimum Gasteiger partial charge on any atom is -0.396 e. The lowest BCUT2D eigenvalue weighted by Gasteiger charge is -2.30. The molecule has 0 spiro atoms. The van der Waals surface area contributed by atoms with Crippen LogP contribution in [0.4, 0.5) is 15.8 Å². The number of nitro benzene ring substituents is 1. The molecule has 1 aromatic rings. The van der Waals surface area contributed by atoms with Gasteiger partial charge in [0, 0.05) is 18.2 Å². The predicted octanol–water partition coefficient (Wildman–Crippen LogP) is 2.70. The zero-order chi connectivity index (χ0) is 13.8. The highest BCUT2D eigenvalue weighted by molar-refractivity contribution is 5.51. The number of rotatable bonds is 6. The van der Waals surface area contributed by atoms with E-state index in [1.807, 2.05) is 13.8 Å². The van der Waals surface area contributed by atoms with Crippen LogP contribution in [0.25, 0.3) is 0 Å². The number of benzene rings is 1. The Morgan fingerprint density at radius 1 is 1.56 bits per heavy atom. The quantitative estimate of drug-likeness (QED) is 0.606. The lowest BCUT2D eigenvalue weighted by atomic mass is 9.94. The first-order valence-electron chi connectivity index (χ1n) is 5.75. The molecule has 1 aromatic carbocycles. The molecule has 0 amide bonds. The molecule has 1 rings (SSSR count). The van der Waals surface area contributed by atoms with Crippen molar-refractivity contribution in [3.8, 4) is 0 Å². The Hall–Kier alpha value is -1.69. The summed E-state index contributed by atoms with van der Waals surface area (Å²) in [5, 5.41) is 22.5. The van der Waals surface area contributed by atoms with Crippen molar-refractivity contribution in [3.05, 3.63) is 34.1 Å². The van der Waals surface area contributed by atoms with E-state index < -0.39 is 16.3 Å². The molecule has 0 aliphatic heterocycles. The number of hydrogen-bond donors (Lipinski definition) is 2. The van der Waals surface area contributed by atoms with Crippen molar-refractivity contribution >= 4 is 11.4 Å². The number of nitrogens with one attached hydrogen (secondary N) is 1. The maximum absolute atomic E-state index is 13.7. The molecular formula is C12H17FN2O3. The van der Waals surface area contributed by atoms with E-state index in [1.165, 1.54) is 12.1 Å². The fourth-order valence-electron chi connectivity index (χ4n) is 1.62. The van der Waals surface area contributed by atoms with Gasteiger partial charge in [0.1, 0.15) is 0 Å². The van der Waals surface area contributed by atoms with Gasteiger partial charge in [0.25, 0.3) is 5.69 Å². The number of aliphatic hydroxyl groups is 1. The van der Waals surface area contributed by atoms with E-state index in [0.29, 0.717) is 12.8 Å². The van der Waals surface area contributed by atoms with Crippen molar-refractivity contribution in [1.29, 1.82) is 0 Å².